The lowest BCUT2D eigenvalue weighted by molar-refractivity contribution is 0.0976. The number of hydrogen-bond acceptors (Lipinski definition) is 6. The molecule has 1 atom stereocenters. The van der Waals surface area contributed by atoms with Gasteiger partial charge < -0.3 is 15.2 Å². The molecule has 0 radical (unpaired) electrons. The number of fused-ring (bicyclic) bond motifs is 1. The summed E-state index contributed by atoms with van der Waals surface area (Å²) in [6.45, 7) is 3.57. The highest BCUT2D eigenvalue weighted by Gasteiger charge is 2.48. The van der Waals surface area contributed by atoms with Crippen LogP contribution in [0.15, 0.2) is 95.5 Å². The van der Waals surface area contributed by atoms with Crippen molar-refractivity contribution in [3.63, 3.8) is 0 Å². The summed E-state index contributed by atoms with van der Waals surface area (Å²) in [6, 6.07) is 18.5. The molecule has 6 rings (SSSR count). The zero-order chi connectivity index (χ0) is 31.4. The Hall–Kier alpha value is -4.41. The van der Waals surface area contributed by atoms with E-state index < -0.39 is 38.8 Å². The van der Waals surface area contributed by atoms with E-state index in [1.54, 1.807) is 38.1 Å². The maximum absolute atomic E-state index is 16.3. The molecule has 2 aliphatic heterocycles. The first-order valence-corrected chi connectivity index (χ1v) is 15.7. The number of nitrogens with zero attached hydrogens (tertiary/aromatic N) is 1. The molecule has 2 heterocycles. The Balaban J connectivity index is 1.61. The Labute approximate surface area is 258 Å². The summed E-state index contributed by atoms with van der Waals surface area (Å²) in [5, 5.41) is 14.3. The number of amides is 1. The third kappa shape index (κ3) is 5.28. The van der Waals surface area contributed by atoms with E-state index >= 15 is 8.78 Å². The second-order valence-corrected chi connectivity index (χ2v) is 13.9. The number of aromatic hydroxyl groups is 1. The number of phenols is 1. The maximum Gasteiger partial charge on any atom is 0.262 e. The number of sulfone groups is 1. The molecule has 2 aliphatic rings. The van der Waals surface area contributed by atoms with E-state index in [4.69, 9.17) is 16.3 Å². The zero-order valence-electron chi connectivity index (χ0n) is 23.6. The lowest BCUT2D eigenvalue weighted by atomic mass is 9.88. The third-order valence-electron chi connectivity index (χ3n) is 7.59. The van der Waals surface area contributed by atoms with Gasteiger partial charge in [0.05, 0.1) is 26.9 Å². The highest BCUT2D eigenvalue weighted by atomic mass is 35.5. The van der Waals surface area contributed by atoms with E-state index in [-0.39, 0.29) is 62.5 Å². The van der Waals surface area contributed by atoms with E-state index in [0.29, 0.717) is 5.02 Å². The Morgan fingerprint density at radius 3 is 2.45 bits per heavy atom. The fraction of sp³-hybridized carbons (Fsp3) is 0.182. The van der Waals surface area contributed by atoms with Crippen molar-refractivity contribution in [2.45, 2.75) is 26.3 Å². The number of halogens is 3. The number of para-hydroxylation sites is 2. The van der Waals surface area contributed by atoms with Gasteiger partial charge >= 0.3 is 0 Å². The van der Waals surface area contributed by atoms with Gasteiger partial charge in [-0.3, -0.25) is 9.69 Å². The molecular formula is C33H27ClF2N2O5S. The van der Waals surface area contributed by atoms with E-state index in [1.807, 2.05) is 0 Å². The van der Waals surface area contributed by atoms with Crippen LogP contribution in [0.3, 0.4) is 0 Å². The summed E-state index contributed by atoms with van der Waals surface area (Å²) in [5.41, 5.74) is -0.969. The number of benzene rings is 4. The van der Waals surface area contributed by atoms with Crippen LogP contribution in [0, 0.1) is 17.0 Å². The molecular weight excluding hydrogens is 610 g/mol. The largest absolute Gasteiger partial charge is 0.506 e. The van der Waals surface area contributed by atoms with E-state index in [1.165, 1.54) is 48.5 Å². The molecule has 4 aromatic carbocycles. The average molecular weight is 637 g/mol. The van der Waals surface area contributed by atoms with Crippen LogP contribution in [0.2, 0.25) is 5.02 Å². The Bertz CT molecular complexity index is 1960. The van der Waals surface area contributed by atoms with Crippen LogP contribution >= 0.6 is 11.6 Å². The molecule has 44 heavy (non-hydrogen) atoms. The smallest absolute Gasteiger partial charge is 0.262 e. The minimum atomic E-state index is -4.15. The summed E-state index contributed by atoms with van der Waals surface area (Å²) >= 11 is 6.21. The number of phenolic OH excluding ortho intramolecular Hbond substituents is 1. The molecule has 4 aromatic rings. The molecule has 0 fully saturated rings. The topological polar surface area (TPSA) is 95.9 Å². The molecule has 0 bridgehead atoms. The minimum Gasteiger partial charge on any atom is -0.506 e. The number of carbonyl (C=O) groups excluding carboxylic acids is 1. The second-order valence-electron chi connectivity index (χ2n) is 11.5. The molecule has 0 spiro atoms. The van der Waals surface area contributed by atoms with Crippen molar-refractivity contribution in [3.8, 4) is 17.2 Å². The number of nitrogens with one attached hydrogen (secondary N) is 1. The van der Waals surface area contributed by atoms with Gasteiger partial charge in [0.15, 0.2) is 9.84 Å². The van der Waals surface area contributed by atoms with Gasteiger partial charge in [-0.25, -0.2) is 17.2 Å². The standard InChI is InChI=1S/C33H27ClF2N2O5S/c1-33(2)17-25-31(44(41,42)18-33)30(20-15-14-19(16-24(20)36)43-28-13-6-4-9-22(28)34)38(26-11-7-12-27(39)29(26)37-25)32(40)21-8-3-5-10-23(21)35/h3-16,30,37,39H,17-18H2,1-2H3. The van der Waals surface area contributed by atoms with Gasteiger partial charge in [-0.05, 0) is 60.4 Å². The average Bonchev–Trinajstić information content (AvgIpc) is 3.09. The third-order valence-corrected chi connectivity index (χ3v) is 10.2. The van der Waals surface area contributed by atoms with Gasteiger partial charge in [-0.2, -0.15) is 0 Å². The molecule has 0 aliphatic carbocycles. The summed E-state index contributed by atoms with van der Waals surface area (Å²) in [6.07, 6.45) is 0.211. The molecule has 1 unspecified atom stereocenters. The van der Waals surface area contributed by atoms with Gasteiger partial charge in [0.25, 0.3) is 5.91 Å². The molecule has 2 N–H and O–H groups in total. The summed E-state index contributed by atoms with van der Waals surface area (Å²) < 4.78 is 65.4. The second kappa shape index (κ2) is 10.9. The number of ether oxygens (including phenoxy) is 1. The molecule has 1 amide bonds. The van der Waals surface area contributed by atoms with Crippen LogP contribution in [0.4, 0.5) is 20.2 Å². The van der Waals surface area contributed by atoms with E-state index in [9.17, 15) is 18.3 Å². The number of carbonyl (C=O) groups is 1. The number of allylic oxidation sites excluding steroid dienone is 1. The van der Waals surface area contributed by atoms with Crippen LogP contribution in [0.25, 0.3) is 0 Å². The van der Waals surface area contributed by atoms with Crippen molar-refractivity contribution in [3.05, 3.63) is 123 Å². The Morgan fingerprint density at radius 2 is 1.73 bits per heavy atom. The molecule has 7 nitrogen and oxygen atoms in total. The Morgan fingerprint density at radius 1 is 1.00 bits per heavy atom. The van der Waals surface area contributed by atoms with Gasteiger partial charge in [0.1, 0.15) is 40.6 Å². The summed E-state index contributed by atoms with van der Waals surface area (Å²) in [7, 11) is -4.15. The number of rotatable bonds is 4. The zero-order valence-corrected chi connectivity index (χ0v) is 25.2. The van der Waals surface area contributed by atoms with Crippen molar-refractivity contribution in [2.24, 2.45) is 5.41 Å². The first-order valence-electron chi connectivity index (χ1n) is 13.7. The van der Waals surface area contributed by atoms with Crippen LogP contribution < -0.4 is 15.0 Å². The molecule has 0 saturated heterocycles. The first-order chi connectivity index (χ1) is 20.9. The van der Waals surface area contributed by atoms with Crippen molar-refractivity contribution >= 4 is 38.7 Å². The SMILES string of the molecule is CC1(C)CC2=C(C(c3ccc(Oc4ccccc4Cl)cc3F)N(C(=O)c3ccccc3F)c3cccc(O)c3N2)S(=O)(=O)C1. The van der Waals surface area contributed by atoms with Gasteiger partial charge in [0, 0.05) is 17.3 Å². The number of anilines is 2. The van der Waals surface area contributed by atoms with Gasteiger partial charge in [-0.15, -0.1) is 0 Å². The lowest BCUT2D eigenvalue weighted by Gasteiger charge is -2.37. The van der Waals surface area contributed by atoms with Crippen molar-refractivity contribution in [1.29, 1.82) is 0 Å². The van der Waals surface area contributed by atoms with E-state index in [2.05, 4.69) is 5.32 Å². The maximum atomic E-state index is 16.3. The van der Waals surface area contributed by atoms with Gasteiger partial charge in [0.2, 0.25) is 0 Å². The highest BCUT2D eigenvalue weighted by Crippen LogP contribution is 2.52. The van der Waals surface area contributed by atoms with Crippen LogP contribution in [0.1, 0.15) is 42.2 Å². The highest BCUT2D eigenvalue weighted by molar-refractivity contribution is 7.95. The summed E-state index contributed by atoms with van der Waals surface area (Å²) in [4.78, 5) is 15.1. The van der Waals surface area contributed by atoms with Gasteiger partial charge in [-0.1, -0.05) is 55.8 Å². The van der Waals surface area contributed by atoms with Crippen LogP contribution in [-0.2, 0) is 9.84 Å². The predicted octanol–water partition coefficient (Wildman–Crippen LogP) is 7.99. The Kier molecular flexibility index (Phi) is 7.37. The van der Waals surface area contributed by atoms with Crippen molar-refractivity contribution in [1.82, 2.24) is 0 Å². The fourth-order valence-corrected chi connectivity index (χ4v) is 8.35. The summed E-state index contributed by atoms with van der Waals surface area (Å²) in [5.74, 6) is -2.84. The van der Waals surface area contributed by atoms with Crippen LogP contribution in [-0.4, -0.2) is 25.2 Å². The fourth-order valence-electron chi connectivity index (χ4n) is 5.82. The number of hydrogen-bond donors (Lipinski definition) is 2. The molecule has 226 valence electrons. The molecule has 11 heteroatoms. The first kappa shape index (κ1) is 29.7. The van der Waals surface area contributed by atoms with Crippen molar-refractivity contribution in [2.75, 3.05) is 16.0 Å². The van der Waals surface area contributed by atoms with Crippen LogP contribution in [0.5, 0.6) is 17.2 Å². The molecule has 0 saturated carbocycles. The van der Waals surface area contributed by atoms with E-state index in [0.717, 1.165) is 17.0 Å². The lowest BCUT2D eigenvalue weighted by Crippen LogP contribution is -2.41. The quantitative estimate of drug-likeness (QED) is 0.221. The monoisotopic (exact) mass is 636 g/mol. The molecule has 0 aromatic heterocycles. The van der Waals surface area contributed by atoms with Crippen molar-refractivity contribution < 1.29 is 31.8 Å². The minimum absolute atomic E-state index is 0.0409. The normalized spacial score (nSPS) is 18.5. The predicted molar refractivity (Wildman–Crippen MR) is 165 cm³/mol.